The number of fused-ring (bicyclic) bond motifs is 3. The van der Waals surface area contributed by atoms with E-state index in [1.807, 2.05) is 6.20 Å². The van der Waals surface area contributed by atoms with E-state index in [-0.39, 0.29) is 0 Å². The third-order valence-electron chi connectivity index (χ3n) is 4.22. The number of amides is 1. The Morgan fingerprint density at radius 1 is 1.32 bits per heavy atom. The minimum atomic E-state index is -0.710. The number of hydrogen-bond acceptors (Lipinski definition) is 5. The molecule has 0 fully saturated rings. The molecule has 1 amide bonds. The van der Waals surface area contributed by atoms with Gasteiger partial charge in [0.2, 0.25) is 0 Å². The molecule has 0 aliphatic carbocycles. The number of nitrogens with two attached hydrogens (primary N) is 1. The second-order valence-electron chi connectivity index (χ2n) is 6.22. The van der Waals surface area contributed by atoms with Crippen molar-refractivity contribution < 1.29 is 9.53 Å². The van der Waals surface area contributed by atoms with Crippen LogP contribution in [0.15, 0.2) is 12.3 Å². The standard InChI is InChI=1S/C18H24N4O2S/c1-3-4-7-15-21-14-11-20-13-10-12(2)25-17(13)16(14)22(15)8-5-6-9-24-18(19)23/h10-11H,3-9H2,1-2H3,(H2,19,23). The van der Waals surface area contributed by atoms with Crippen molar-refractivity contribution in [1.29, 1.82) is 0 Å². The maximum Gasteiger partial charge on any atom is 0.404 e. The molecule has 0 saturated carbocycles. The van der Waals surface area contributed by atoms with Gasteiger partial charge in [0, 0.05) is 17.8 Å². The van der Waals surface area contributed by atoms with Crippen LogP contribution in [0.4, 0.5) is 4.79 Å². The Morgan fingerprint density at radius 3 is 2.92 bits per heavy atom. The topological polar surface area (TPSA) is 83.0 Å². The molecule has 134 valence electrons. The van der Waals surface area contributed by atoms with E-state index in [0.717, 1.165) is 55.5 Å². The molecule has 0 spiro atoms. The van der Waals surface area contributed by atoms with Gasteiger partial charge in [-0.1, -0.05) is 13.3 Å². The summed E-state index contributed by atoms with van der Waals surface area (Å²) in [6.07, 6.45) is 6.09. The van der Waals surface area contributed by atoms with Gasteiger partial charge in [-0.15, -0.1) is 11.3 Å². The van der Waals surface area contributed by atoms with Crippen molar-refractivity contribution in [2.45, 2.75) is 52.5 Å². The summed E-state index contributed by atoms with van der Waals surface area (Å²) >= 11 is 1.77. The molecule has 6 nitrogen and oxygen atoms in total. The van der Waals surface area contributed by atoms with Gasteiger partial charge in [0.1, 0.15) is 11.3 Å². The average Bonchev–Trinajstić information content (AvgIpc) is 3.11. The lowest BCUT2D eigenvalue weighted by Crippen LogP contribution is -2.14. The minimum absolute atomic E-state index is 0.362. The quantitative estimate of drug-likeness (QED) is 0.611. The van der Waals surface area contributed by atoms with Crippen LogP contribution in [0.3, 0.4) is 0 Å². The van der Waals surface area contributed by atoms with Gasteiger partial charge in [-0.05, 0) is 32.3 Å². The highest BCUT2D eigenvalue weighted by molar-refractivity contribution is 7.19. The Kier molecular flexibility index (Phi) is 5.53. The Balaban J connectivity index is 1.91. The van der Waals surface area contributed by atoms with E-state index in [0.29, 0.717) is 6.61 Å². The van der Waals surface area contributed by atoms with Crippen molar-refractivity contribution in [3.8, 4) is 0 Å². The first-order valence-corrected chi connectivity index (χ1v) is 9.58. The van der Waals surface area contributed by atoms with Gasteiger partial charge in [-0.3, -0.25) is 4.98 Å². The highest BCUT2D eigenvalue weighted by atomic mass is 32.1. The molecule has 7 heteroatoms. The van der Waals surface area contributed by atoms with Crippen LogP contribution < -0.4 is 5.73 Å². The molecule has 0 aliphatic heterocycles. The Labute approximate surface area is 151 Å². The summed E-state index contributed by atoms with van der Waals surface area (Å²) < 4.78 is 8.36. The summed E-state index contributed by atoms with van der Waals surface area (Å²) in [5.41, 5.74) is 8.19. The smallest absolute Gasteiger partial charge is 0.404 e. The van der Waals surface area contributed by atoms with Crippen LogP contribution in [0.5, 0.6) is 0 Å². The average molecular weight is 360 g/mol. The van der Waals surface area contributed by atoms with E-state index in [4.69, 9.17) is 15.5 Å². The number of primary amides is 1. The Bertz CT molecular complexity index is 884. The number of unbranched alkanes of at least 4 members (excludes halogenated alkanes) is 2. The first-order chi connectivity index (χ1) is 12.1. The molecule has 25 heavy (non-hydrogen) atoms. The number of carbonyl (C=O) groups excluding carboxylic acids is 1. The van der Waals surface area contributed by atoms with Crippen LogP contribution in [0.2, 0.25) is 0 Å². The van der Waals surface area contributed by atoms with E-state index in [2.05, 4.69) is 29.5 Å². The molecule has 0 radical (unpaired) electrons. The van der Waals surface area contributed by atoms with E-state index >= 15 is 0 Å². The molecule has 2 N–H and O–H groups in total. The van der Waals surface area contributed by atoms with Crippen molar-refractivity contribution in [3.63, 3.8) is 0 Å². The molecule has 3 rings (SSSR count). The van der Waals surface area contributed by atoms with E-state index in [1.54, 1.807) is 11.3 Å². The fraction of sp³-hybridized carbons (Fsp3) is 0.500. The predicted octanol–water partition coefficient (Wildman–Crippen LogP) is 4.17. The van der Waals surface area contributed by atoms with Crippen molar-refractivity contribution in [2.24, 2.45) is 5.73 Å². The predicted molar refractivity (Wildman–Crippen MR) is 101 cm³/mol. The zero-order valence-corrected chi connectivity index (χ0v) is 15.6. The van der Waals surface area contributed by atoms with Crippen molar-refractivity contribution in [2.75, 3.05) is 6.61 Å². The normalized spacial score (nSPS) is 11.4. The number of nitrogens with zero attached hydrogens (tertiary/aromatic N) is 3. The summed E-state index contributed by atoms with van der Waals surface area (Å²) in [5, 5.41) is 0. The van der Waals surface area contributed by atoms with Crippen LogP contribution in [0.1, 0.15) is 43.3 Å². The summed E-state index contributed by atoms with van der Waals surface area (Å²) in [7, 11) is 0. The summed E-state index contributed by atoms with van der Waals surface area (Å²) in [5.74, 6) is 1.12. The monoisotopic (exact) mass is 360 g/mol. The highest BCUT2D eigenvalue weighted by Crippen LogP contribution is 2.32. The number of aryl methyl sites for hydroxylation is 3. The first-order valence-electron chi connectivity index (χ1n) is 8.76. The van der Waals surface area contributed by atoms with Crippen LogP contribution in [0, 0.1) is 6.92 Å². The molecule has 3 heterocycles. The number of ether oxygens (including phenoxy) is 1. The van der Waals surface area contributed by atoms with Gasteiger partial charge in [0.05, 0.1) is 28.5 Å². The lowest BCUT2D eigenvalue weighted by Gasteiger charge is -2.09. The maximum absolute atomic E-state index is 10.7. The molecule has 3 aromatic rings. The van der Waals surface area contributed by atoms with E-state index in [9.17, 15) is 4.79 Å². The fourth-order valence-corrected chi connectivity index (χ4v) is 4.08. The van der Waals surface area contributed by atoms with Gasteiger partial charge in [0.25, 0.3) is 0 Å². The van der Waals surface area contributed by atoms with E-state index in [1.165, 1.54) is 15.1 Å². The molecule has 0 bridgehead atoms. The Morgan fingerprint density at radius 2 is 2.16 bits per heavy atom. The summed E-state index contributed by atoms with van der Waals surface area (Å²) in [6.45, 7) is 5.52. The number of thiophene rings is 1. The number of carbonyl (C=O) groups is 1. The largest absolute Gasteiger partial charge is 0.450 e. The van der Waals surface area contributed by atoms with Crippen LogP contribution in [-0.4, -0.2) is 27.2 Å². The molecular formula is C18H24N4O2S. The second kappa shape index (κ2) is 7.82. The fourth-order valence-electron chi connectivity index (χ4n) is 3.06. The molecule has 0 unspecified atom stereocenters. The molecule has 0 saturated heterocycles. The number of imidazole rings is 1. The third kappa shape index (κ3) is 3.92. The Hall–Kier alpha value is -2.15. The molecule has 0 aliphatic rings. The van der Waals surface area contributed by atoms with Gasteiger partial charge >= 0.3 is 6.09 Å². The second-order valence-corrected chi connectivity index (χ2v) is 7.48. The minimum Gasteiger partial charge on any atom is -0.450 e. The van der Waals surface area contributed by atoms with Gasteiger partial charge in [-0.25, -0.2) is 9.78 Å². The number of hydrogen-bond donors (Lipinski definition) is 1. The van der Waals surface area contributed by atoms with Gasteiger partial charge in [-0.2, -0.15) is 0 Å². The summed E-state index contributed by atoms with van der Waals surface area (Å²) in [4.78, 5) is 21.3. The number of pyridine rings is 1. The van der Waals surface area contributed by atoms with Crippen molar-refractivity contribution in [3.05, 3.63) is 23.0 Å². The zero-order chi connectivity index (χ0) is 17.8. The number of aromatic nitrogens is 3. The van der Waals surface area contributed by atoms with Gasteiger partial charge < -0.3 is 15.0 Å². The van der Waals surface area contributed by atoms with Crippen LogP contribution in [-0.2, 0) is 17.7 Å². The maximum atomic E-state index is 10.7. The third-order valence-corrected chi connectivity index (χ3v) is 5.27. The SMILES string of the molecule is CCCCc1nc2cnc3cc(C)sc3c2n1CCCCOC(N)=O. The van der Waals surface area contributed by atoms with Crippen LogP contribution >= 0.6 is 11.3 Å². The molecule has 0 atom stereocenters. The number of rotatable bonds is 8. The molecule has 0 aromatic carbocycles. The molecule has 3 aromatic heterocycles. The molecular weight excluding hydrogens is 336 g/mol. The first kappa shape index (κ1) is 17.7. The van der Waals surface area contributed by atoms with Crippen molar-refractivity contribution in [1.82, 2.24) is 14.5 Å². The highest BCUT2D eigenvalue weighted by Gasteiger charge is 2.15. The van der Waals surface area contributed by atoms with Crippen molar-refractivity contribution >= 4 is 38.7 Å². The lowest BCUT2D eigenvalue weighted by molar-refractivity contribution is 0.154. The lowest BCUT2D eigenvalue weighted by atomic mass is 10.2. The van der Waals surface area contributed by atoms with Crippen LogP contribution in [0.25, 0.3) is 21.3 Å². The zero-order valence-electron chi connectivity index (χ0n) is 14.7. The van der Waals surface area contributed by atoms with Gasteiger partial charge in [0.15, 0.2) is 0 Å². The van der Waals surface area contributed by atoms with E-state index < -0.39 is 6.09 Å². The summed E-state index contributed by atoms with van der Waals surface area (Å²) in [6, 6.07) is 2.13.